The highest BCUT2D eigenvalue weighted by Gasteiger charge is 2.30. The third-order valence-electron chi connectivity index (χ3n) is 3.90. The molecule has 114 valence electrons. The van der Waals surface area contributed by atoms with Gasteiger partial charge in [0.15, 0.2) is 6.10 Å². The molecule has 1 atom stereocenters. The van der Waals surface area contributed by atoms with Crippen molar-refractivity contribution in [1.29, 1.82) is 0 Å². The maximum absolute atomic E-state index is 12.9. The maximum atomic E-state index is 12.9. The van der Waals surface area contributed by atoms with Crippen molar-refractivity contribution in [2.24, 2.45) is 0 Å². The number of nitrogens with one attached hydrogen (secondary N) is 1. The molecule has 0 fully saturated rings. The number of fused-ring (bicyclic) bond motifs is 1. The van der Waals surface area contributed by atoms with Crippen LogP contribution < -0.4 is 15.0 Å². The monoisotopic (exact) mass is 296 g/mol. The second-order valence-corrected chi connectivity index (χ2v) is 5.35. The minimum Gasteiger partial charge on any atom is -0.477 e. The van der Waals surface area contributed by atoms with E-state index in [0.717, 1.165) is 22.7 Å². The number of hydrogen-bond acceptors (Lipinski definition) is 3. The van der Waals surface area contributed by atoms with Crippen LogP contribution in [0.3, 0.4) is 0 Å². The van der Waals surface area contributed by atoms with Crippen LogP contribution >= 0.6 is 0 Å². The highest BCUT2D eigenvalue weighted by atomic mass is 16.5. The van der Waals surface area contributed by atoms with Gasteiger partial charge in [0, 0.05) is 12.2 Å². The molecule has 1 amide bonds. The smallest absolute Gasteiger partial charge is 0.269 e. The minimum atomic E-state index is -0.505. The number of aryl methyl sites for hydroxylation is 1. The van der Waals surface area contributed by atoms with Crippen molar-refractivity contribution >= 4 is 17.3 Å². The molecule has 1 aliphatic heterocycles. The van der Waals surface area contributed by atoms with Crippen LogP contribution in [0.15, 0.2) is 48.5 Å². The summed E-state index contributed by atoms with van der Waals surface area (Å²) in [4.78, 5) is 14.6. The molecule has 2 aromatic carbocycles. The van der Waals surface area contributed by atoms with E-state index in [9.17, 15) is 4.79 Å². The highest BCUT2D eigenvalue weighted by Crippen LogP contribution is 2.29. The van der Waals surface area contributed by atoms with Gasteiger partial charge in [-0.15, -0.1) is 0 Å². The van der Waals surface area contributed by atoms with Crippen LogP contribution in [0.5, 0.6) is 5.75 Å². The van der Waals surface area contributed by atoms with Crippen LogP contribution in [0.25, 0.3) is 0 Å². The Morgan fingerprint density at radius 3 is 2.73 bits per heavy atom. The van der Waals surface area contributed by atoms with Gasteiger partial charge >= 0.3 is 0 Å². The number of benzene rings is 2. The number of ether oxygens (including phenoxy) is 1. The summed E-state index contributed by atoms with van der Waals surface area (Å²) in [5, 5.41) is 3.27. The van der Waals surface area contributed by atoms with Crippen molar-refractivity contribution in [2.45, 2.75) is 20.0 Å². The van der Waals surface area contributed by atoms with E-state index in [-0.39, 0.29) is 5.91 Å². The van der Waals surface area contributed by atoms with Crippen LogP contribution in [-0.2, 0) is 4.79 Å². The Kier molecular flexibility index (Phi) is 4.00. The fourth-order valence-electron chi connectivity index (χ4n) is 2.74. The summed E-state index contributed by atoms with van der Waals surface area (Å²) < 4.78 is 5.88. The summed E-state index contributed by atoms with van der Waals surface area (Å²) >= 11 is 0. The second-order valence-electron chi connectivity index (χ2n) is 5.35. The van der Waals surface area contributed by atoms with Crippen LogP contribution in [0.4, 0.5) is 11.4 Å². The molecule has 3 rings (SSSR count). The van der Waals surface area contributed by atoms with Gasteiger partial charge in [-0.25, -0.2) is 0 Å². The van der Waals surface area contributed by atoms with Crippen LogP contribution in [0.1, 0.15) is 12.5 Å². The van der Waals surface area contributed by atoms with E-state index in [1.165, 1.54) is 0 Å². The highest BCUT2D eigenvalue weighted by molar-refractivity contribution is 5.98. The van der Waals surface area contributed by atoms with Gasteiger partial charge in [-0.2, -0.15) is 0 Å². The molecule has 0 aromatic heterocycles. The molecule has 22 heavy (non-hydrogen) atoms. The van der Waals surface area contributed by atoms with Gasteiger partial charge < -0.3 is 15.0 Å². The second kappa shape index (κ2) is 6.10. The SMILES string of the molecule is CCN(C(=O)C1CNc2ccccc2O1)c1ccccc1C. The molecule has 0 aliphatic carbocycles. The molecule has 4 nitrogen and oxygen atoms in total. The standard InChI is InChI=1S/C18H20N2O2/c1-3-20(15-10-6-4-8-13(15)2)18(21)17-12-19-14-9-5-7-11-16(14)22-17/h4-11,17,19H,3,12H2,1-2H3. The van der Waals surface area contributed by atoms with E-state index in [1.807, 2.05) is 62.4 Å². The first-order valence-corrected chi connectivity index (χ1v) is 7.57. The molecule has 0 saturated carbocycles. The normalized spacial score (nSPS) is 16.2. The number of hydrogen-bond donors (Lipinski definition) is 1. The van der Waals surface area contributed by atoms with Crippen LogP contribution in [-0.4, -0.2) is 25.1 Å². The average Bonchev–Trinajstić information content (AvgIpc) is 2.56. The number of para-hydroxylation sites is 3. The van der Waals surface area contributed by atoms with Gasteiger partial charge in [0.1, 0.15) is 5.75 Å². The van der Waals surface area contributed by atoms with Gasteiger partial charge in [-0.1, -0.05) is 30.3 Å². The molecule has 0 radical (unpaired) electrons. The predicted octanol–water partition coefficient (Wildman–Crippen LogP) is 3.22. The molecule has 1 unspecified atom stereocenters. The summed E-state index contributed by atoms with van der Waals surface area (Å²) in [5.74, 6) is 0.715. The molecule has 1 heterocycles. The van der Waals surface area contributed by atoms with Crippen molar-refractivity contribution < 1.29 is 9.53 Å². The molecule has 2 aromatic rings. The number of likely N-dealkylation sites (N-methyl/N-ethyl adjacent to an activating group) is 1. The summed E-state index contributed by atoms with van der Waals surface area (Å²) in [6, 6.07) is 15.6. The topological polar surface area (TPSA) is 41.6 Å². The molecule has 0 saturated heterocycles. The fourth-order valence-corrected chi connectivity index (χ4v) is 2.74. The third-order valence-corrected chi connectivity index (χ3v) is 3.90. The first kappa shape index (κ1) is 14.4. The molecule has 0 spiro atoms. The zero-order valence-corrected chi connectivity index (χ0v) is 12.9. The van der Waals surface area contributed by atoms with E-state index in [1.54, 1.807) is 4.90 Å². The molecule has 1 N–H and O–H groups in total. The van der Waals surface area contributed by atoms with Crippen molar-refractivity contribution in [3.05, 3.63) is 54.1 Å². The Balaban J connectivity index is 1.83. The Hall–Kier alpha value is -2.49. The molecular weight excluding hydrogens is 276 g/mol. The van der Waals surface area contributed by atoms with E-state index in [0.29, 0.717) is 13.1 Å². The van der Waals surface area contributed by atoms with Gasteiger partial charge in [0.2, 0.25) is 0 Å². The van der Waals surface area contributed by atoms with Gasteiger partial charge in [0.25, 0.3) is 5.91 Å². The lowest BCUT2D eigenvalue weighted by molar-refractivity contribution is -0.124. The molecule has 4 heteroatoms. The van der Waals surface area contributed by atoms with E-state index in [4.69, 9.17) is 4.74 Å². The van der Waals surface area contributed by atoms with Crippen molar-refractivity contribution in [1.82, 2.24) is 0 Å². The summed E-state index contributed by atoms with van der Waals surface area (Å²) in [7, 11) is 0. The third kappa shape index (κ3) is 2.64. The first-order chi connectivity index (χ1) is 10.7. The predicted molar refractivity (Wildman–Crippen MR) is 88.6 cm³/mol. The lowest BCUT2D eigenvalue weighted by Gasteiger charge is -2.31. The molecule has 1 aliphatic rings. The van der Waals surface area contributed by atoms with E-state index in [2.05, 4.69) is 5.32 Å². The van der Waals surface area contributed by atoms with Crippen molar-refractivity contribution in [2.75, 3.05) is 23.3 Å². The first-order valence-electron chi connectivity index (χ1n) is 7.57. The number of carbonyl (C=O) groups is 1. The molecular formula is C18H20N2O2. The number of anilines is 2. The number of rotatable bonds is 3. The zero-order valence-electron chi connectivity index (χ0n) is 12.9. The van der Waals surface area contributed by atoms with E-state index < -0.39 is 6.10 Å². The number of nitrogens with zero attached hydrogens (tertiary/aromatic N) is 1. The van der Waals surface area contributed by atoms with Gasteiger partial charge in [-0.3, -0.25) is 4.79 Å². The largest absolute Gasteiger partial charge is 0.477 e. The fraction of sp³-hybridized carbons (Fsp3) is 0.278. The van der Waals surface area contributed by atoms with Gasteiger partial charge in [0.05, 0.1) is 12.2 Å². The average molecular weight is 296 g/mol. The summed E-state index contributed by atoms with van der Waals surface area (Å²) in [6.45, 7) is 5.10. The number of carbonyl (C=O) groups excluding carboxylic acids is 1. The Bertz CT molecular complexity index is 684. The van der Waals surface area contributed by atoms with Crippen LogP contribution in [0.2, 0.25) is 0 Å². The van der Waals surface area contributed by atoms with Crippen LogP contribution in [0, 0.1) is 6.92 Å². The lowest BCUT2D eigenvalue weighted by Crippen LogP contribution is -2.47. The molecule has 0 bridgehead atoms. The van der Waals surface area contributed by atoms with Crippen molar-refractivity contribution in [3.8, 4) is 5.75 Å². The Morgan fingerprint density at radius 2 is 1.95 bits per heavy atom. The van der Waals surface area contributed by atoms with Gasteiger partial charge in [-0.05, 0) is 37.6 Å². The lowest BCUT2D eigenvalue weighted by atomic mass is 10.1. The maximum Gasteiger partial charge on any atom is 0.269 e. The van der Waals surface area contributed by atoms with E-state index >= 15 is 0 Å². The zero-order chi connectivity index (χ0) is 15.5. The summed E-state index contributed by atoms with van der Waals surface area (Å²) in [6.07, 6.45) is -0.505. The summed E-state index contributed by atoms with van der Waals surface area (Å²) in [5.41, 5.74) is 2.96. The Morgan fingerprint density at radius 1 is 1.23 bits per heavy atom. The Labute approximate surface area is 130 Å². The minimum absolute atomic E-state index is 0.0150. The van der Waals surface area contributed by atoms with Crippen molar-refractivity contribution in [3.63, 3.8) is 0 Å². The quantitative estimate of drug-likeness (QED) is 0.945. The number of amides is 1.